The summed E-state index contributed by atoms with van der Waals surface area (Å²) in [6.07, 6.45) is 1.23. The molecule has 0 N–H and O–H groups in total. The molecule has 3 heteroatoms. The van der Waals surface area contributed by atoms with Crippen molar-refractivity contribution in [3.05, 3.63) is 0 Å². The molecule has 0 saturated carbocycles. The number of hydrogen-bond donors (Lipinski definition) is 0. The highest BCUT2D eigenvalue weighted by atomic mass is 35.5. The molecule has 12 heavy (non-hydrogen) atoms. The fraction of sp³-hybridized carbons (Fsp3) is 0.889. The van der Waals surface area contributed by atoms with Crippen molar-refractivity contribution in [2.24, 2.45) is 11.8 Å². The number of halogens is 1. The summed E-state index contributed by atoms with van der Waals surface area (Å²) in [7, 11) is 0. The smallest absolute Gasteiger partial charge is 0.237 e. The van der Waals surface area contributed by atoms with Crippen LogP contribution in [-0.4, -0.2) is 29.8 Å². The molecule has 0 radical (unpaired) electrons. The molecule has 1 aliphatic rings. The molecule has 2 atom stereocenters. The molecule has 0 aromatic heterocycles. The van der Waals surface area contributed by atoms with Crippen molar-refractivity contribution in [1.82, 2.24) is 4.90 Å². The van der Waals surface area contributed by atoms with E-state index in [0.717, 1.165) is 13.1 Å². The molecule has 0 aromatic carbocycles. The Labute approximate surface area is 78.9 Å². The first-order valence-corrected chi connectivity index (χ1v) is 5.00. The quantitative estimate of drug-likeness (QED) is 0.576. The van der Waals surface area contributed by atoms with Gasteiger partial charge in [0.2, 0.25) is 5.91 Å². The van der Waals surface area contributed by atoms with E-state index in [2.05, 4.69) is 13.8 Å². The Morgan fingerprint density at radius 1 is 1.42 bits per heavy atom. The van der Waals surface area contributed by atoms with Crippen LogP contribution >= 0.6 is 11.6 Å². The largest absolute Gasteiger partial charge is 0.341 e. The van der Waals surface area contributed by atoms with Gasteiger partial charge in [0.1, 0.15) is 5.88 Å². The highest BCUT2D eigenvalue weighted by Gasteiger charge is 2.24. The van der Waals surface area contributed by atoms with Gasteiger partial charge in [0.05, 0.1) is 0 Å². The summed E-state index contributed by atoms with van der Waals surface area (Å²) in [6, 6.07) is 0. The number of carbonyl (C=O) groups is 1. The van der Waals surface area contributed by atoms with Gasteiger partial charge in [-0.1, -0.05) is 13.8 Å². The van der Waals surface area contributed by atoms with Crippen LogP contribution < -0.4 is 0 Å². The third kappa shape index (κ3) is 2.37. The van der Waals surface area contributed by atoms with Gasteiger partial charge < -0.3 is 4.90 Å². The first-order valence-electron chi connectivity index (χ1n) is 4.47. The molecule has 0 bridgehead atoms. The highest BCUT2D eigenvalue weighted by Crippen LogP contribution is 2.20. The van der Waals surface area contributed by atoms with E-state index in [9.17, 15) is 4.79 Å². The van der Waals surface area contributed by atoms with Gasteiger partial charge in [-0.25, -0.2) is 0 Å². The van der Waals surface area contributed by atoms with Crippen LogP contribution in [0.2, 0.25) is 0 Å². The standard InChI is InChI=1S/C9H16ClNO/c1-7-3-8(2)6-11(5-7)9(12)4-10/h7-8H,3-6H2,1-2H3/t7-,8-/m1/s1. The molecule has 1 aliphatic heterocycles. The van der Waals surface area contributed by atoms with E-state index in [0.29, 0.717) is 11.8 Å². The van der Waals surface area contributed by atoms with Gasteiger partial charge in [0, 0.05) is 13.1 Å². The van der Waals surface area contributed by atoms with Crippen molar-refractivity contribution >= 4 is 17.5 Å². The normalized spacial score (nSPS) is 30.4. The second-order valence-corrected chi connectivity index (χ2v) is 4.15. The molecule has 0 spiro atoms. The fourth-order valence-electron chi connectivity index (χ4n) is 1.95. The van der Waals surface area contributed by atoms with E-state index >= 15 is 0 Å². The van der Waals surface area contributed by atoms with Gasteiger partial charge in [-0.3, -0.25) is 4.79 Å². The first kappa shape index (κ1) is 9.85. The van der Waals surface area contributed by atoms with Crippen LogP contribution in [0.3, 0.4) is 0 Å². The molecule has 1 rings (SSSR count). The van der Waals surface area contributed by atoms with Crippen LogP contribution in [0.4, 0.5) is 0 Å². The van der Waals surface area contributed by atoms with E-state index in [1.807, 2.05) is 4.90 Å². The summed E-state index contributed by atoms with van der Waals surface area (Å²) in [5.74, 6) is 1.45. The number of carbonyl (C=O) groups excluding carboxylic acids is 1. The van der Waals surface area contributed by atoms with Crippen molar-refractivity contribution in [3.8, 4) is 0 Å². The minimum absolute atomic E-state index is 0.0788. The average molecular weight is 190 g/mol. The second kappa shape index (κ2) is 4.13. The maximum absolute atomic E-state index is 11.3. The monoisotopic (exact) mass is 189 g/mol. The van der Waals surface area contributed by atoms with Crippen molar-refractivity contribution < 1.29 is 4.79 Å². The topological polar surface area (TPSA) is 20.3 Å². The van der Waals surface area contributed by atoms with E-state index in [1.54, 1.807) is 0 Å². The average Bonchev–Trinajstić information content (AvgIpc) is 2.01. The third-order valence-electron chi connectivity index (χ3n) is 2.34. The zero-order chi connectivity index (χ0) is 9.14. The molecule has 1 amide bonds. The summed E-state index contributed by atoms with van der Waals surface area (Å²) in [6.45, 7) is 6.14. The fourth-order valence-corrected chi connectivity index (χ4v) is 2.12. The van der Waals surface area contributed by atoms with Crippen LogP contribution in [-0.2, 0) is 4.79 Å². The number of nitrogens with zero attached hydrogens (tertiary/aromatic N) is 1. The maximum atomic E-state index is 11.3. The zero-order valence-electron chi connectivity index (χ0n) is 7.72. The highest BCUT2D eigenvalue weighted by molar-refractivity contribution is 6.27. The van der Waals surface area contributed by atoms with Gasteiger partial charge in [0.25, 0.3) is 0 Å². The minimum atomic E-state index is 0.0788. The molecular formula is C9H16ClNO. The number of hydrogen-bond acceptors (Lipinski definition) is 1. The first-order chi connectivity index (χ1) is 5.63. The van der Waals surface area contributed by atoms with Crippen LogP contribution in [0.25, 0.3) is 0 Å². The van der Waals surface area contributed by atoms with E-state index in [-0.39, 0.29) is 11.8 Å². The molecular weight excluding hydrogens is 174 g/mol. The van der Waals surface area contributed by atoms with Crippen molar-refractivity contribution in [3.63, 3.8) is 0 Å². The molecule has 0 unspecified atom stereocenters. The van der Waals surface area contributed by atoms with E-state index in [1.165, 1.54) is 6.42 Å². The SMILES string of the molecule is C[C@@H]1C[C@@H](C)CN(C(=O)CCl)C1. The Morgan fingerprint density at radius 3 is 2.33 bits per heavy atom. The Bertz CT molecular complexity index is 162. The second-order valence-electron chi connectivity index (χ2n) is 3.88. The number of rotatable bonds is 1. The number of likely N-dealkylation sites (tertiary alicyclic amines) is 1. The lowest BCUT2D eigenvalue weighted by molar-refractivity contribution is -0.131. The summed E-state index contributed by atoms with van der Waals surface area (Å²) >= 11 is 5.49. The summed E-state index contributed by atoms with van der Waals surface area (Å²) in [5, 5.41) is 0. The lowest BCUT2D eigenvalue weighted by Gasteiger charge is -2.34. The number of piperidine rings is 1. The zero-order valence-corrected chi connectivity index (χ0v) is 8.47. The van der Waals surface area contributed by atoms with Crippen LogP contribution in [0.1, 0.15) is 20.3 Å². The van der Waals surface area contributed by atoms with E-state index in [4.69, 9.17) is 11.6 Å². The summed E-state index contributed by atoms with van der Waals surface area (Å²) in [5.41, 5.74) is 0. The predicted molar refractivity (Wildman–Crippen MR) is 50.2 cm³/mol. The third-order valence-corrected chi connectivity index (χ3v) is 2.56. The van der Waals surface area contributed by atoms with Crippen LogP contribution in [0.15, 0.2) is 0 Å². The molecule has 1 fully saturated rings. The van der Waals surface area contributed by atoms with Gasteiger partial charge in [0.15, 0.2) is 0 Å². The van der Waals surface area contributed by atoms with Crippen LogP contribution in [0, 0.1) is 11.8 Å². The van der Waals surface area contributed by atoms with Crippen molar-refractivity contribution in [1.29, 1.82) is 0 Å². The van der Waals surface area contributed by atoms with Gasteiger partial charge >= 0.3 is 0 Å². The molecule has 0 aromatic rings. The molecule has 1 heterocycles. The number of amides is 1. The Morgan fingerprint density at radius 2 is 1.92 bits per heavy atom. The van der Waals surface area contributed by atoms with E-state index < -0.39 is 0 Å². The molecule has 70 valence electrons. The lowest BCUT2D eigenvalue weighted by atomic mass is 9.92. The van der Waals surface area contributed by atoms with Crippen molar-refractivity contribution in [2.45, 2.75) is 20.3 Å². The van der Waals surface area contributed by atoms with Crippen LogP contribution in [0.5, 0.6) is 0 Å². The Hall–Kier alpha value is -0.240. The minimum Gasteiger partial charge on any atom is -0.341 e. The molecule has 1 saturated heterocycles. The maximum Gasteiger partial charge on any atom is 0.237 e. The molecule has 0 aliphatic carbocycles. The van der Waals surface area contributed by atoms with Crippen molar-refractivity contribution in [2.75, 3.05) is 19.0 Å². The lowest BCUT2D eigenvalue weighted by Crippen LogP contribution is -2.43. The molecule has 2 nitrogen and oxygen atoms in total. The number of alkyl halides is 1. The van der Waals surface area contributed by atoms with Gasteiger partial charge in [-0.2, -0.15) is 0 Å². The Balaban J connectivity index is 2.49. The van der Waals surface area contributed by atoms with Gasteiger partial charge in [-0.05, 0) is 18.3 Å². The summed E-state index contributed by atoms with van der Waals surface area (Å²) in [4.78, 5) is 13.1. The van der Waals surface area contributed by atoms with Gasteiger partial charge in [-0.15, -0.1) is 11.6 Å². The summed E-state index contributed by atoms with van der Waals surface area (Å²) < 4.78 is 0. The predicted octanol–water partition coefficient (Wildman–Crippen LogP) is 1.73. The Kier molecular flexibility index (Phi) is 3.39.